The summed E-state index contributed by atoms with van der Waals surface area (Å²) in [4.78, 5) is 21.6. The average molecular weight is 158 g/mol. The van der Waals surface area contributed by atoms with Gasteiger partial charge in [0.15, 0.2) is 0 Å². The molecule has 0 amide bonds. The lowest BCUT2D eigenvalue weighted by molar-refractivity contribution is 0.275. The van der Waals surface area contributed by atoms with Gasteiger partial charge in [-0.25, -0.2) is 4.57 Å². The maximum atomic E-state index is 8.88. The molecule has 0 unspecified atom stereocenters. The van der Waals surface area contributed by atoms with E-state index < -0.39 is 7.82 Å². The molecule has 7 N–H and O–H groups in total. The molecule has 0 aliphatic rings. The summed E-state index contributed by atoms with van der Waals surface area (Å²) < 4.78 is 8.88. The van der Waals surface area contributed by atoms with Gasteiger partial charge in [0.05, 0.1) is 0 Å². The summed E-state index contributed by atoms with van der Waals surface area (Å²) in [6.45, 7) is 1.72. The van der Waals surface area contributed by atoms with E-state index in [1.54, 1.807) is 6.92 Å². The van der Waals surface area contributed by atoms with E-state index in [2.05, 4.69) is 0 Å². The van der Waals surface area contributed by atoms with Gasteiger partial charge in [-0.05, 0) is 6.92 Å². The van der Waals surface area contributed by atoms with Crippen molar-refractivity contribution < 1.29 is 19.2 Å². The lowest BCUT2D eigenvalue weighted by atomic mass is 10.7. The van der Waals surface area contributed by atoms with Crippen LogP contribution in [0.4, 0.5) is 0 Å². The SMILES string of the molecule is CC(N)N.O=P(O)(O)O. The van der Waals surface area contributed by atoms with Gasteiger partial charge in [-0.3, -0.25) is 0 Å². The van der Waals surface area contributed by atoms with Crippen LogP contribution < -0.4 is 11.5 Å². The first-order valence-corrected chi connectivity index (χ1v) is 3.59. The molecule has 0 bridgehead atoms. The number of hydrogen-bond donors (Lipinski definition) is 5. The molecule has 0 saturated carbocycles. The van der Waals surface area contributed by atoms with E-state index in [1.807, 2.05) is 0 Å². The lowest BCUT2D eigenvalue weighted by Crippen LogP contribution is -2.25. The predicted molar refractivity (Wildman–Crippen MR) is 32.1 cm³/mol. The number of nitrogens with two attached hydrogens (primary N) is 2. The topological polar surface area (TPSA) is 130 Å². The van der Waals surface area contributed by atoms with Crippen molar-refractivity contribution in [3.05, 3.63) is 0 Å². The second kappa shape index (κ2) is 4.87. The molecule has 0 aliphatic carbocycles. The van der Waals surface area contributed by atoms with Crippen LogP contribution in [0.1, 0.15) is 6.92 Å². The molecule has 0 fully saturated rings. The third-order valence-electron chi connectivity index (χ3n) is 0. The fourth-order valence-corrected chi connectivity index (χ4v) is 0. The molecule has 6 nitrogen and oxygen atoms in total. The van der Waals surface area contributed by atoms with Crippen LogP contribution in [0.15, 0.2) is 0 Å². The third kappa shape index (κ3) is 324000. The van der Waals surface area contributed by atoms with Crippen LogP contribution in [0.3, 0.4) is 0 Å². The average Bonchev–Trinajstić information content (AvgIpc) is 1.19. The van der Waals surface area contributed by atoms with Gasteiger partial charge in [0.25, 0.3) is 0 Å². The van der Waals surface area contributed by atoms with E-state index in [0.717, 1.165) is 0 Å². The molecule has 9 heavy (non-hydrogen) atoms. The highest BCUT2D eigenvalue weighted by molar-refractivity contribution is 7.45. The van der Waals surface area contributed by atoms with E-state index in [9.17, 15) is 0 Å². The van der Waals surface area contributed by atoms with Crippen molar-refractivity contribution in [3.63, 3.8) is 0 Å². The van der Waals surface area contributed by atoms with Crippen molar-refractivity contribution in [2.75, 3.05) is 0 Å². The van der Waals surface area contributed by atoms with Gasteiger partial charge in [-0.2, -0.15) is 0 Å². The van der Waals surface area contributed by atoms with Gasteiger partial charge < -0.3 is 26.1 Å². The molecule has 0 atom stereocenters. The van der Waals surface area contributed by atoms with E-state index in [-0.39, 0.29) is 6.17 Å². The molecule has 0 saturated heterocycles. The highest BCUT2D eigenvalue weighted by Gasteiger charge is 2.00. The number of phosphoric acid groups is 1. The molecule has 7 heteroatoms. The van der Waals surface area contributed by atoms with Crippen LogP contribution in [-0.4, -0.2) is 20.8 Å². The van der Waals surface area contributed by atoms with E-state index in [0.29, 0.717) is 0 Å². The molecule has 0 spiro atoms. The Balaban J connectivity index is 0. The van der Waals surface area contributed by atoms with Crippen LogP contribution >= 0.6 is 7.82 Å². The molecule has 58 valence electrons. The number of hydrogen-bond acceptors (Lipinski definition) is 3. The van der Waals surface area contributed by atoms with Gasteiger partial charge >= 0.3 is 7.82 Å². The summed E-state index contributed by atoms with van der Waals surface area (Å²) in [5, 5.41) is 0. The van der Waals surface area contributed by atoms with E-state index in [1.165, 1.54) is 0 Å². The second-order valence-electron chi connectivity index (χ2n) is 1.37. The molecule has 0 heterocycles. The Morgan fingerprint density at radius 1 is 1.33 bits per heavy atom. The minimum atomic E-state index is -4.64. The summed E-state index contributed by atoms with van der Waals surface area (Å²) >= 11 is 0. The fraction of sp³-hybridized carbons (Fsp3) is 1.00. The Morgan fingerprint density at radius 2 is 1.33 bits per heavy atom. The van der Waals surface area contributed by atoms with E-state index >= 15 is 0 Å². The lowest BCUT2D eigenvalue weighted by Gasteiger charge is -1.83. The minimum absolute atomic E-state index is 0.167. The predicted octanol–water partition coefficient (Wildman–Crippen LogP) is -1.68. The maximum absolute atomic E-state index is 8.88. The van der Waals surface area contributed by atoms with Gasteiger partial charge in [0, 0.05) is 6.17 Å². The first kappa shape index (κ1) is 11.8. The summed E-state index contributed by atoms with van der Waals surface area (Å²) in [6.07, 6.45) is -0.167. The second-order valence-corrected chi connectivity index (χ2v) is 2.40. The number of rotatable bonds is 0. The van der Waals surface area contributed by atoms with Crippen molar-refractivity contribution in [1.29, 1.82) is 0 Å². The highest BCUT2D eigenvalue weighted by atomic mass is 31.2. The molecule has 0 aromatic carbocycles. The largest absolute Gasteiger partial charge is 0.466 e. The van der Waals surface area contributed by atoms with Crippen molar-refractivity contribution >= 4 is 7.82 Å². The minimum Gasteiger partial charge on any atom is -0.316 e. The molecule has 0 aromatic rings. The first-order valence-electron chi connectivity index (χ1n) is 2.03. The van der Waals surface area contributed by atoms with Crippen LogP contribution in [-0.2, 0) is 4.57 Å². The van der Waals surface area contributed by atoms with Crippen molar-refractivity contribution in [2.45, 2.75) is 13.1 Å². The quantitative estimate of drug-likeness (QED) is 0.211. The van der Waals surface area contributed by atoms with Gasteiger partial charge in [0.2, 0.25) is 0 Å². The van der Waals surface area contributed by atoms with Crippen molar-refractivity contribution in [3.8, 4) is 0 Å². The Hall–Kier alpha value is 0.0300. The summed E-state index contributed by atoms with van der Waals surface area (Å²) in [7, 11) is -4.64. The molecular weight excluding hydrogens is 147 g/mol. The molecule has 0 aliphatic heterocycles. The Kier molecular flexibility index (Phi) is 6.37. The van der Waals surface area contributed by atoms with Crippen molar-refractivity contribution in [2.24, 2.45) is 11.5 Å². The van der Waals surface area contributed by atoms with Gasteiger partial charge in [0.1, 0.15) is 0 Å². The standard InChI is InChI=1S/C2H8N2.H3O4P/c1-2(3)4;1-5(2,3)4/h2H,3-4H2,1H3;(H3,1,2,3,4). The van der Waals surface area contributed by atoms with Crippen LogP contribution in [0.5, 0.6) is 0 Å². The maximum Gasteiger partial charge on any atom is 0.466 e. The highest BCUT2D eigenvalue weighted by Crippen LogP contribution is 2.25. The summed E-state index contributed by atoms with van der Waals surface area (Å²) in [5.74, 6) is 0. The Bertz CT molecular complexity index is 87.7. The zero-order valence-electron chi connectivity index (χ0n) is 4.93. The van der Waals surface area contributed by atoms with Gasteiger partial charge in [-0.1, -0.05) is 0 Å². The van der Waals surface area contributed by atoms with Crippen LogP contribution in [0, 0.1) is 0 Å². The van der Waals surface area contributed by atoms with Crippen molar-refractivity contribution in [1.82, 2.24) is 0 Å². The Morgan fingerprint density at radius 3 is 1.33 bits per heavy atom. The van der Waals surface area contributed by atoms with Crippen LogP contribution in [0.2, 0.25) is 0 Å². The zero-order valence-corrected chi connectivity index (χ0v) is 5.82. The first-order chi connectivity index (χ1) is 3.73. The molecule has 0 radical (unpaired) electrons. The molecule has 0 aromatic heterocycles. The Labute approximate surface area is 52.7 Å². The molecule has 0 rings (SSSR count). The molecular formula is C2H11N2O4P. The summed E-state index contributed by atoms with van der Waals surface area (Å²) in [6, 6.07) is 0. The van der Waals surface area contributed by atoms with E-state index in [4.69, 9.17) is 30.7 Å². The smallest absolute Gasteiger partial charge is 0.316 e. The normalized spacial score (nSPS) is 10.6. The third-order valence-corrected chi connectivity index (χ3v) is 0. The summed E-state index contributed by atoms with van der Waals surface area (Å²) in [5.41, 5.74) is 9.78. The monoisotopic (exact) mass is 158 g/mol. The van der Waals surface area contributed by atoms with Crippen LogP contribution in [0.25, 0.3) is 0 Å². The zero-order chi connectivity index (χ0) is 8.08. The van der Waals surface area contributed by atoms with Gasteiger partial charge in [-0.15, -0.1) is 0 Å². The fourth-order valence-electron chi connectivity index (χ4n) is 0.